The minimum atomic E-state index is -3.69. The van der Waals surface area contributed by atoms with Gasteiger partial charge in [0.15, 0.2) is 6.10 Å². The van der Waals surface area contributed by atoms with Crippen LogP contribution in [0.5, 0.6) is 0 Å². The van der Waals surface area contributed by atoms with Crippen LogP contribution in [0.25, 0.3) is 0 Å². The third kappa shape index (κ3) is 4.58. The first-order chi connectivity index (χ1) is 13.1. The van der Waals surface area contributed by atoms with Gasteiger partial charge in [0.2, 0.25) is 10.0 Å². The number of para-hydroxylation sites is 1. The highest BCUT2D eigenvalue weighted by Crippen LogP contribution is 2.20. The van der Waals surface area contributed by atoms with Gasteiger partial charge in [-0.3, -0.25) is 4.79 Å². The van der Waals surface area contributed by atoms with Gasteiger partial charge in [0.1, 0.15) is 0 Å². The van der Waals surface area contributed by atoms with Crippen LogP contribution in [0, 0.1) is 6.92 Å². The van der Waals surface area contributed by atoms with Crippen molar-refractivity contribution in [3.63, 3.8) is 0 Å². The first-order valence-corrected chi connectivity index (χ1v) is 10.1. The molecule has 2 aromatic rings. The standard InChI is InChI=1S/C20H24N2O5S/c1-14-11-12-17(28(25,26)21(3)4)13-18(14)20(24)27-15(2)19(23)22(5)16-9-7-6-8-10-16/h6-13,15H,1-5H3/t15-/m1/s1. The van der Waals surface area contributed by atoms with Crippen molar-refractivity contribution in [3.8, 4) is 0 Å². The van der Waals surface area contributed by atoms with Crippen molar-refractivity contribution in [1.82, 2.24) is 4.31 Å². The number of nitrogens with zero attached hydrogens (tertiary/aromatic N) is 2. The first-order valence-electron chi connectivity index (χ1n) is 8.62. The molecule has 1 atom stereocenters. The summed E-state index contributed by atoms with van der Waals surface area (Å²) in [6.07, 6.45) is -1.04. The summed E-state index contributed by atoms with van der Waals surface area (Å²) < 4.78 is 31.0. The molecule has 0 heterocycles. The molecule has 0 spiro atoms. The molecule has 7 nitrogen and oxygen atoms in total. The summed E-state index contributed by atoms with van der Waals surface area (Å²) in [6.45, 7) is 3.15. The van der Waals surface area contributed by atoms with E-state index in [0.717, 1.165) is 4.31 Å². The highest BCUT2D eigenvalue weighted by molar-refractivity contribution is 7.89. The molecule has 0 radical (unpaired) electrons. The molecule has 0 unspecified atom stereocenters. The number of aryl methyl sites for hydroxylation is 1. The Kier molecular flexibility index (Phi) is 6.58. The Morgan fingerprint density at radius 2 is 1.61 bits per heavy atom. The van der Waals surface area contributed by atoms with E-state index in [-0.39, 0.29) is 10.5 Å². The fraction of sp³-hybridized carbons (Fsp3) is 0.300. The van der Waals surface area contributed by atoms with Gasteiger partial charge in [0, 0.05) is 26.8 Å². The Balaban J connectivity index is 2.21. The van der Waals surface area contributed by atoms with E-state index in [1.807, 2.05) is 6.07 Å². The number of carbonyl (C=O) groups excluding carboxylic acids is 2. The van der Waals surface area contributed by atoms with Crippen LogP contribution >= 0.6 is 0 Å². The number of hydrogen-bond donors (Lipinski definition) is 0. The van der Waals surface area contributed by atoms with Crippen molar-refractivity contribution in [2.45, 2.75) is 24.8 Å². The predicted molar refractivity (Wildman–Crippen MR) is 107 cm³/mol. The predicted octanol–water partition coefficient (Wildman–Crippen LogP) is 2.45. The summed E-state index contributed by atoms with van der Waals surface area (Å²) in [6, 6.07) is 13.2. The zero-order valence-electron chi connectivity index (χ0n) is 16.5. The van der Waals surface area contributed by atoms with Gasteiger partial charge in [0.05, 0.1) is 10.5 Å². The lowest BCUT2D eigenvalue weighted by atomic mass is 10.1. The van der Waals surface area contributed by atoms with E-state index in [9.17, 15) is 18.0 Å². The maximum Gasteiger partial charge on any atom is 0.339 e. The number of anilines is 1. The van der Waals surface area contributed by atoms with E-state index < -0.39 is 28.0 Å². The molecule has 0 aliphatic heterocycles. The Morgan fingerprint density at radius 3 is 2.18 bits per heavy atom. The molecule has 2 aromatic carbocycles. The highest BCUT2D eigenvalue weighted by atomic mass is 32.2. The van der Waals surface area contributed by atoms with Gasteiger partial charge in [0.25, 0.3) is 5.91 Å². The Hall–Kier alpha value is -2.71. The van der Waals surface area contributed by atoms with E-state index in [1.165, 1.54) is 44.1 Å². The molecular weight excluding hydrogens is 380 g/mol. The van der Waals surface area contributed by atoms with Gasteiger partial charge >= 0.3 is 5.97 Å². The zero-order valence-corrected chi connectivity index (χ0v) is 17.4. The van der Waals surface area contributed by atoms with E-state index >= 15 is 0 Å². The van der Waals surface area contributed by atoms with E-state index in [1.54, 1.807) is 38.2 Å². The maximum absolute atomic E-state index is 12.6. The van der Waals surface area contributed by atoms with Crippen LogP contribution in [-0.4, -0.2) is 51.8 Å². The van der Waals surface area contributed by atoms with Gasteiger partial charge in [-0.25, -0.2) is 17.5 Å². The second-order valence-corrected chi connectivity index (χ2v) is 8.70. The highest BCUT2D eigenvalue weighted by Gasteiger charge is 2.25. The second kappa shape index (κ2) is 8.53. The zero-order chi connectivity index (χ0) is 21.1. The number of carbonyl (C=O) groups is 2. The van der Waals surface area contributed by atoms with Crippen molar-refractivity contribution >= 4 is 27.6 Å². The molecule has 0 saturated heterocycles. The molecule has 0 aliphatic carbocycles. The van der Waals surface area contributed by atoms with Crippen LogP contribution in [0.3, 0.4) is 0 Å². The molecular formula is C20H24N2O5S. The summed E-state index contributed by atoms with van der Waals surface area (Å²) in [5.74, 6) is -1.15. The number of sulfonamides is 1. The van der Waals surface area contributed by atoms with Gasteiger partial charge < -0.3 is 9.64 Å². The van der Waals surface area contributed by atoms with E-state index in [4.69, 9.17) is 4.74 Å². The molecule has 0 fully saturated rings. The molecule has 0 aromatic heterocycles. The van der Waals surface area contributed by atoms with E-state index in [2.05, 4.69) is 0 Å². The second-order valence-electron chi connectivity index (χ2n) is 6.54. The number of esters is 1. The quantitative estimate of drug-likeness (QED) is 0.691. The average molecular weight is 404 g/mol. The van der Waals surface area contributed by atoms with Crippen molar-refractivity contribution in [2.75, 3.05) is 26.0 Å². The molecule has 0 saturated carbocycles. The van der Waals surface area contributed by atoms with Gasteiger partial charge in [-0.1, -0.05) is 24.3 Å². The molecule has 2 rings (SSSR count). The first kappa shape index (κ1) is 21.6. The number of ether oxygens (including phenoxy) is 1. The van der Waals surface area contributed by atoms with Crippen molar-refractivity contribution in [2.24, 2.45) is 0 Å². The normalized spacial score (nSPS) is 12.5. The summed E-state index contributed by atoms with van der Waals surface area (Å²) in [5.41, 5.74) is 1.33. The van der Waals surface area contributed by atoms with Crippen LogP contribution in [0.4, 0.5) is 5.69 Å². The monoisotopic (exact) mass is 404 g/mol. The summed E-state index contributed by atoms with van der Waals surface area (Å²) in [5, 5.41) is 0. The lowest BCUT2D eigenvalue weighted by Gasteiger charge is -2.22. The average Bonchev–Trinajstić information content (AvgIpc) is 2.67. The molecule has 0 bridgehead atoms. The van der Waals surface area contributed by atoms with Crippen LogP contribution in [0.15, 0.2) is 53.4 Å². The Labute approximate surface area is 165 Å². The fourth-order valence-electron chi connectivity index (χ4n) is 2.52. The third-order valence-corrected chi connectivity index (χ3v) is 6.12. The number of rotatable bonds is 6. The topological polar surface area (TPSA) is 84.0 Å². The third-order valence-electron chi connectivity index (χ3n) is 4.31. The Morgan fingerprint density at radius 1 is 1.00 bits per heavy atom. The number of benzene rings is 2. The summed E-state index contributed by atoms with van der Waals surface area (Å²) >= 11 is 0. The van der Waals surface area contributed by atoms with Gasteiger partial charge in [-0.2, -0.15) is 0 Å². The minimum Gasteiger partial charge on any atom is -0.449 e. The number of amides is 1. The fourth-order valence-corrected chi connectivity index (χ4v) is 3.45. The minimum absolute atomic E-state index is 0.0181. The molecule has 1 amide bonds. The molecule has 150 valence electrons. The van der Waals surface area contributed by atoms with Crippen molar-refractivity contribution in [3.05, 3.63) is 59.7 Å². The summed E-state index contributed by atoms with van der Waals surface area (Å²) in [4.78, 5) is 26.5. The van der Waals surface area contributed by atoms with E-state index in [0.29, 0.717) is 11.3 Å². The van der Waals surface area contributed by atoms with Crippen molar-refractivity contribution in [1.29, 1.82) is 0 Å². The van der Waals surface area contributed by atoms with Crippen LogP contribution in [-0.2, 0) is 19.6 Å². The maximum atomic E-state index is 12.6. The van der Waals surface area contributed by atoms with Crippen molar-refractivity contribution < 1.29 is 22.7 Å². The van der Waals surface area contributed by atoms with Gasteiger partial charge in [-0.05, 0) is 43.7 Å². The lowest BCUT2D eigenvalue weighted by molar-refractivity contribution is -0.126. The molecule has 0 aliphatic rings. The lowest BCUT2D eigenvalue weighted by Crippen LogP contribution is -2.37. The van der Waals surface area contributed by atoms with Crippen LogP contribution in [0.1, 0.15) is 22.8 Å². The Bertz CT molecular complexity index is 971. The number of likely N-dealkylation sites (N-methyl/N-ethyl adjacent to an activating group) is 1. The summed E-state index contributed by atoms with van der Waals surface area (Å²) in [7, 11) is 0.721. The smallest absolute Gasteiger partial charge is 0.339 e. The molecule has 0 N–H and O–H groups in total. The largest absolute Gasteiger partial charge is 0.449 e. The molecule has 28 heavy (non-hydrogen) atoms. The SMILES string of the molecule is Cc1ccc(S(=O)(=O)N(C)C)cc1C(=O)O[C@H](C)C(=O)N(C)c1ccccc1. The van der Waals surface area contributed by atoms with Crippen LogP contribution < -0.4 is 4.90 Å². The van der Waals surface area contributed by atoms with Gasteiger partial charge in [-0.15, -0.1) is 0 Å². The number of hydrogen-bond acceptors (Lipinski definition) is 5. The molecule has 8 heteroatoms. The van der Waals surface area contributed by atoms with Crippen LogP contribution in [0.2, 0.25) is 0 Å².